The predicted molar refractivity (Wildman–Crippen MR) is 90.5 cm³/mol. The van der Waals surface area contributed by atoms with Gasteiger partial charge in [0.1, 0.15) is 25.0 Å². The largest absolute Gasteiger partial charge is 0.486 e. The van der Waals surface area contributed by atoms with Gasteiger partial charge in [0.15, 0.2) is 11.5 Å². The number of amides is 1. The summed E-state index contributed by atoms with van der Waals surface area (Å²) in [6, 6.07) is 9.47. The van der Waals surface area contributed by atoms with Crippen molar-refractivity contribution < 1.29 is 14.3 Å². The Hall–Kier alpha value is -2.94. The molecule has 1 unspecified atom stereocenters. The first-order valence-corrected chi connectivity index (χ1v) is 8.42. The summed E-state index contributed by atoms with van der Waals surface area (Å²) in [5.74, 6) is 1.74. The van der Waals surface area contributed by atoms with Crippen LogP contribution in [0.4, 0.5) is 0 Å². The maximum Gasteiger partial charge on any atom is 0.268 e. The number of carbonyl (C=O) groups is 1. The van der Waals surface area contributed by atoms with Gasteiger partial charge >= 0.3 is 0 Å². The molecule has 0 saturated heterocycles. The minimum Gasteiger partial charge on any atom is -0.486 e. The molecule has 1 fully saturated rings. The van der Waals surface area contributed by atoms with E-state index in [0.29, 0.717) is 30.4 Å². The van der Waals surface area contributed by atoms with Crippen LogP contribution in [0.5, 0.6) is 11.5 Å². The number of carbonyl (C=O) groups excluding carboxylic acids is 1. The predicted octanol–water partition coefficient (Wildman–Crippen LogP) is 2.55. The summed E-state index contributed by atoms with van der Waals surface area (Å²) < 4.78 is 12.9. The zero-order valence-corrected chi connectivity index (χ0v) is 14.0. The van der Waals surface area contributed by atoms with Crippen LogP contribution >= 0.6 is 0 Å². The van der Waals surface area contributed by atoms with E-state index in [4.69, 9.17) is 14.7 Å². The molecule has 0 radical (unpaired) electrons. The summed E-state index contributed by atoms with van der Waals surface area (Å²) in [6.45, 7) is 1.10. The second-order valence-electron chi connectivity index (χ2n) is 6.53. The molecule has 1 atom stereocenters. The SMILES string of the molecule is Cn1cc(C#N)cc1C(=O)NC(c1ccc2c(c1)OCCO2)C1CC1. The van der Waals surface area contributed by atoms with Crippen LogP contribution in [-0.4, -0.2) is 23.7 Å². The molecule has 1 aliphatic carbocycles. The van der Waals surface area contributed by atoms with E-state index in [1.165, 1.54) is 0 Å². The maximum absolute atomic E-state index is 12.7. The van der Waals surface area contributed by atoms with Crippen molar-refractivity contribution in [3.8, 4) is 17.6 Å². The smallest absolute Gasteiger partial charge is 0.268 e. The number of fused-ring (bicyclic) bond motifs is 1. The van der Waals surface area contributed by atoms with Crippen molar-refractivity contribution in [1.29, 1.82) is 5.26 Å². The number of nitrogens with one attached hydrogen (secondary N) is 1. The first kappa shape index (κ1) is 15.6. The summed E-state index contributed by atoms with van der Waals surface area (Å²) in [5.41, 5.74) is 1.99. The van der Waals surface area contributed by atoms with Gasteiger partial charge in [0.05, 0.1) is 11.6 Å². The Morgan fingerprint density at radius 3 is 2.72 bits per heavy atom. The fraction of sp³-hybridized carbons (Fsp3) is 0.368. The number of ether oxygens (including phenoxy) is 2. The molecule has 1 aromatic carbocycles. The van der Waals surface area contributed by atoms with Crippen molar-refractivity contribution >= 4 is 5.91 Å². The van der Waals surface area contributed by atoms with Gasteiger partial charge in [-0.05, 0) is 42.5 Å². The molecule has 1 amide bonds. The van der Waals surface area contributed by atoms with Crippen LogP contribution in [-0.2, 0) is 7.05 Å². The van der Waals surface area contributed by atoms with Gasteiger partial charge in [0, 0.05) is 13.2 Å². The van der Waals surface area contributed by atoms with Gasteiger partial charge in [0.2, 0.25) is 0 Å². The third kappa shape index (κ3) is 3.05. The molecule has 0 spiro atoms. The molecule has 1 aromatic heterocycles. The van der Waals surface area contributed by atoms with E-state index in [1.54, 1.807) is 23.9 Å². The van der Waals surface area contributed by atoms with Gasteiger partial charge in [-0.3, -0.25) is 4.79 Å². The lowest BCUT2D eigenvalue weighted by atomic mass is 10.0. The number of aryl methyl sites for hydroxylation is 1. The topological polar surface area (TPSA) is 76.3 Å². The number of rotatable bonds is 4. The zero-order valence-electron chi connectivity index (χ0n) is 14.0. The Morgan fingerprint density at radius 2 is 2.04 bits per heavy atom. The van der Waals surface area contributed by atoms with E-state index in [1.807, 2.05) is 18.2 Å². The summed E-state index contributed by atoms with van der Waals surface area (Å²) >= 11 is 0. The van der Waals surface area contributed by atoms with Crippen molar-refractivity contribution in [1.82, 2.24) is 9.88 Å². The molecule has 4 rings (SSSR count). The van der Waals surface area contributed by atoms with Crippen molar-refractivity contribution in [3.05, 3.63) is 47.3 Å². The zero-order chi connectivity index (χ0) is 17.4. The van der Waals surface area contributed by atoms with E-state index in [2.05, 4.69) is 11.4 Å². The number of aromatic nitrogens is 1. The van der Waals surface area contributed by atoms with Crippen LogP contribution in [0, 0.1) is 17.2 Å². The number of hydrogen-bond acceptors (Lipinski definition) is 4. The molecule has 25 heavy (non-hydrogen) atoms. The molecule has 6 nitrogen and oxygen atoms in total. The molecule has 1 saturated carbocycles. The van der Waals surface area contributed by atoms with Crippen molar-refractivity contribution in [2.45, 2.75) is 18.9 Å². The average molecular weight is 337 g/mol. The quantitative estimate of drug-likeness (QED) is 0.930. The van der Waals surface area contributed by atoms with Gasteiger partial charge in [-0.25, -0.2) is 0 Å². The van der Waals surface area contributed by atoms with Gasteiger partial charge < -0.3 is 19.4 Å². The Labute approximate surface area is 146 Å². The Balaban J connectivity index is 1.59. The van der Waals surface area contributed by atoms with Crippen LogP contribution in [0.15, 0.2) is 30.5 Å². The third-order valence-corrected chi connectivity index (χ3v) is 4.67. The van der Waals surface area contributed by atoms with Crippen LogP contribution in [0.3, 0.4) is 0 Å². The van der Waals surface area contributed by atoms with Crippen LogP contribution < -0.4 is 14.8 Å². The van der Waals surface area contributed by atoms with Crippen molar-refractivity contribution in [3.63, 3.8) is 0 Å². The van der Waals surface area contributed by atoms with E-state index < -0.39 is 0 Å². The van der Waals surface area contributed by atoms with Gasteiger partial charge in [0.25, 0.3) is 5.91 Å². The summed E-state index contributed by atoms with van der Waals surface area (Å²) in [4.78, 5) is 12.7. The summed E-state index contributed by atoms with van der Waals surface area (Å²) in [6.07, 6.45) is 3.84. The second kappa shape index (κ2) is 6.17. The number of benzene rings is 1. The van der Waals surface area contributed by atoms with Gasteiger partial charge in [-0.1, -0.05) is 6.07 Å². The van der Waals surface area contributed by atoms with Crippen molar-refractivity contribution in [2.75, 3.05) is 13.2 Å². The van der Waals surface area contributed by atoms with Gasteiger partial charge in [-0.2, -0.15) is 5.26 Å². The Bertz CT molecular complexity index is 861. The Morgan fingerprint density at radius 1 is 1.28 bits per heavy atom. The normalized spacial score (nSPS) is 16.8. The Kier molecular flexibility index (Phi) is 3.85. The third-order valence-electron chi connectivity index (χ3n) is 4.67. The second-order valence-corrected chi connectivity index (χ2v) is 6.53. The first-order chi connectivity index (χ1) is 12.2. The summed E-state index contributed by atoms with van der Waals surface area (Å²) in [7, 11) is 1.77. The first-order valence-electron chi connectivity index (χ1n) is 8.42. The van der Waals surface area contributed by atoms with E-state index >= 15 is 0 Å². The summed E-state index contributed by atoms with van der Waals surface area (Å²) in [5, 5.41) is 12.1. The fourth-order valence-electron chi connectivity index (χ4n) is 3.22. The van der Waals surface area contributed by atoms with E-state index in [9.17, 15) is 4.79 Å². The highest BCUT2D eigenvalue weighted by Crippen LogP contribution is 2.43. The molecule has 0 bridgehead atoms. The molecule has 2 aliphatic rings. The standard InChI is InChI=1S/C19H19N3O3/c1-22-11-12(10-20)8-15(22)19(23)21-18(13-2-3-13)14-4-5-16-17(9-14)25-7-6-24-16/h4-5,8-9,11,13,18H,2-3,6-7H2,1H3,(H,21,23). The average Bonchev–Trinajstić information content (AvgIpc) is 3.40. The van der Waals surface area contributed by atoms with Gasteiger partial charge in [-0.15, -0.1) is 0 Å². The highest BCUT2D eigenvalue weighted by atomic mass is 16.6. The maximum atomic E-state index is 12.7. The number of hydrogen-bond donors (Lipinski definition) is 1. The monoisotopic (exact) mass is 337 g/mol. The molecule has 128 valence electrons. The minimum absolute atomic E-state index is 0.0660. The van der Waals surface area contributed by atoms with E-state index in [-0.39, 0.29) is 11.9 Å². The minimum atomic E-state index is -0.171. The molecular formula is C19H19N3O3. The molecule has 1 aliphatic heterocycles. The highest BCUT2D eigenvalue weighted by Gasteiger charge is 2.34. The molecule has 2 heterocycles. The number of nitriles is 1. The molecule has 2 aromatic rings. The molecular weight excluding hydrogens is 318 g/mol. The fourth-order valence-corrected chi connectivity index (χ4v) is 3.22. The molecule has 1 N–H and O–H groups in total. The highest BCUT2D eigenvalue weighted by molar-refractivity contribution is 5.93. The lowest BCUT2D eigenvalue weighted by Crippen LogP contribution is -2.31. The van der Waals surface area contributed by atoms with Crippen LogP contribution in [0.25, 0.3) is 0 Å². The van der Waals surface area contributed by atoms with Crippen LogP contribution in [0.2, 0.25) is 0 Å². The number of nitrogens with zero attached hydrogens (tertiary/aromatic N) is 2. The molecule has 6 heteroatoms. The lowest BCUT2D eigenvalue weighted by Gasteiger charge is -2.23. The van der Waals surface area contributed by atoms with Crippen LogP contribution in [0.1, 0.15) is 40.5 Å². The van der Waals surface area contributed by atoms with Crippen molar-refractivity contribution in [2.24, 2.45) is 13.0 Å². The lowest BCUT2D eigenvalue weighted by molar-refractivity contribution is 0.0923. The van der Waals surface area contributed by atoms with E-state index in [0.717, 1.165) is 29.9 Å².